The smallest absolute Gasteiger partial charge is 0.255 e. The van der Waals surface area contributed by atoms with Crippen molar-refractivity contribution in [1.29, 1.82) is 0 Å². The zero-order valence-electron chi connectivity index (χ0n) is 8.65. The summed E-state index contributed by atoms with van der Waals surface area (Å²) in [5.74, 6) is -2.35. The minimum atomic E-state index is -2.35. The molecule has 1 saturated carbocycles. The van der Waals surface area contributed by atoms with Gasteiger partial charge in [0.2, 0.25) is 0 Å². The van der Waals surface area contributed by atoms with Crippen LogP contribution in [-0.2, 0) is 0 Å². The molecule has 1 spiro atoms. The number of hydrogen-bond acceptors (Lipinski definition) is 1. The van der Waals surface area contributed by atoms with Gasteiger partial charge in [0.15, 0.2) is 0 Å². The van der Waals surface area contributed by atoms with E-state index in [1.807, 2.05) is 0 Å². The van der Waals surface area contributed by atoms with Crippen LogP contribution in [0.2, 0.25) is 0 Å². The van der Waals surface area contributed by atoms with E-state index in [0.717, 1.165) is 25.8 Å². The lowest BCUT2D eigenvalue weighted by Crippen LogP contribution is -2.37. The molecule has 2 aliphatic heterocycles. The fourth-order valence-electron chi connectivity index (χ4n) is 3.76. The summed E-state index contributed by atoms with van der Waals surface area (Å²) in [5.41, 5.74) is -0.455. The largest absolute Gasteiger partial charge is 0.297 e. The van der Waals surface area contributed by atoms with Crippen LogP contribution in [0.5, 0.6) is 0 Å². The monoisotopic (exact) mass is 201 g/mol. The van der Waals surface area contributed by atoms with E-state index in [1.165, 1.54) is 6.42 Å². The molecule has 0 aromatic heterocycles. The second-order valence-electron chi connectivity index (χ2n) is 5.44. The molecule has 3 rings (SSSR count). The highest BCUT2D eigenvalue weighted by Gasteiger charge is 2.76. The Labute approximate surface area is 83.5 Å². The van der Waals surface area contributed by atoms with Crippen LogP contribution in [0.4, 0.5) is 8.78 Å². The van der Waals surface area contributed by atoms with E-state index < -0.39 is 11.3 Å². The average molecular weight is 201 g/mol. The number of halogens is 2. The van der Waals surface area contributed by atoms with Crippen molar-refractivity contribution >= 4 is 0 Å². The van der Waals surface area contributed by atoms with Gasteiger partial charge in [-0.15, -0.1) is 0 Å². The van der Waals surface area contributed by atoms with Crippen LogP contribution in [0.3, 0.4) is 0 Å². The summed E-state index contributed by atoms with van der Waals surface area (Å²) >= 11 is 0. The predicted octanol–water partition coefficient (Wildman–Crippen LogP) is 2.66. The van der Waals surface area contributed by atoms with Gasteiger partial charge in [-0.25, -0.2) is 8.78 Å². The lowest BCUT2D eigenvalue weighted by Gasteiger charge is -2.30. The van der Waals surface area contributed by atoms with Gasteiger partial charge in [-0.05, 0) is 32.2 Å². The molecule has 2 atom stereocenters. The van der Waals surface area contributed by atoms with Crippen molar-refractivity contribution in [2.45, 2.75) is 50.5 Å². The fourth-order valence-corrected chi connectivity index (χ4v) is 3.76. The average Bonchev–Trinajstić information content (AvgIpc) is 2.47. The topological polar surface area (TPSA) is 3.24 Å². The molecule has 0 N–H and O–H groups in total. The number of fused-ring (bicyclic) bond motifs is 1. The molecule has 14 heavy (non-hydrogen) atoms. The van der Waals surface area contributed by atoms with Crippen LogP contribution >= 0.6 is 0 Å². The van der Waals surface area contributed by atoms with Gasteiger partial charge >= 0.3 is 0 Å². The number of nitrogens with zero attached hydrogens (tertiary/aromatic N) is 1. The van der Waals surface area contributed by atoms with Crippen molar-refractivity contribution in [2.75, 3.05) is 13.1 Å². The Morgan fingerprint density at radius 3 is 2.50 bits per heavy atom. The molecule has 1 aliphatic carbocycles. The van der Waals surface area contributed by atoms with Crippen molar-refractivity contribution in [3.05, 3.63) is 0 Å². The summed E-state index contributed by atoms with van der Waals surface area (Å²) in [6.07, 6.45) is 4.30. The first-order chi connectivity index (χ1) is 6.54. The molecule has 1 nitrogen and oxygen atoms in total. The van der Waals surface area contributed by atoms with Crippen molar-refractivity contribution in [3.63, 3.8) is 0 Å². The Morgan fingerprint density at radius 2 is 2.00 bits per heavy atom. The van der Waals surface area contributed by atoms with Crippen LogP contribution in [0, 0.1) is 5.41 Å². The second-order valence-corrected chi connectivity index (χ2v) is 5.44. The van der Waals surface area contributed by atoms with Crippen molar-refractivity contribution in [3.8, 4) is 0 Å². The second kappa shape index (κ2) is 2.31. The lowest BCUT2D eigenvalue weighted by molar-refractivity contribution is 0.0656. The Morgan fingerprint density at radius 1 is 1.29 bits per heavy atom. The van der Waals surface area contributed by atoms with Crippen LogP contribution < -0.4 is 0 Å². The highest BCUT2D eigenvalue weighted by Crippen LogP contribution is 2.69. The third-order valence-electron chi connectivity index (χ3n) is 4.77. The molecular weight excluding hydrogens is 184 g/mol. The van der Waals surface area contributed by atoms with Gasteiger partial charge in [0.1, 0.15) is 0 Å². The quantitative estimate of drug-likeness (QED) is 0.630. The van der Waals surface area contributed by atoms with Crippen LogP contribution in [0.15, 0.2) is 0 Å². The maximum atomic E-state index is 13.3. The molecule has 0 aromatic carbocycles. The minimum Gasteiger partial charge on any atom is -0.297 e. The summed E-state index contributed by atoms with van der Waals surface area (Å²) in [5, 5.41) is 0. The minimum absolute atomic E-state index is 0.151. The van der Waals surface area contributed by atoms with Crippen LogP contribution in [0.25, 0.3) is 0 Å². The number of alkyl halides is 2. The van der Waals surface area contributed by atoms with Gasteiger partial charge in [-0.3, -0.25) is 4.90 Å². The van der Waals surface area contributed by atoms with E-state index >= 15 is 0 Å². The van der Waals surface area contributed by atoms with Gasteiger partial charge in [-0.1, -0.05) is 6.92 Å². The van der Waals surface area contributed by atoms with Gasteiger partial charge in [0.25, 0.3) is 5.92 Å². The van der Waals surface area contributed by atoms with E-state index in [-0.39, 0.29) is 12.0 Å². The maximum Gasteiger partial charge on any atom is 0.255 e. The molecule has 2 saturated heterocycles. The molecule has 3 aliphatic rings. The fraction of sp³-hybridized carbons (Fsp3) is 1.00. The molecule has 0 radical (unpaired) electrons. The van der Waals surface area contributed by atoms with Gasteiger partial charge in [0, 0.05) is 18.5 Å². The number of hydrogen-bond donors (Lipinski definition) is 0. The molecule has 3 fully saturated rings. The molecule has 0 amide bonds. The Hall–Kier alpha value is -0.180. The molecule has 3 heteroatoms. The first kappa shape index (κ1) is 9.08. The highest BCUT2D eigenvalue weighted by atomic mass is 19.3. The van der Waals surface area contributed by atoms with Crippen LogP contribution in [0.1, 0.15) is 39.0 Å². The van der Waals surface area contributed by atoms with Crippen LogP contribution in [-0.4, -0.2) is 29.5 Å². The molecular formula is C11H17F2N. The summed E-state index contributed by atoms with van der Waals surface area (Å²) in [7, 11) is 0. The summed E-state index contributed by atoms with van der Waals surface area (Å²) in [6.45, 7) is 3.86. The van der Waals surface area contributed by atoms with Crippen molar-refractivity contribution in [1.82, 2.24) is 4.90 Å². The standard InChI is InChI=1S/C11H17F2N/c1-2-10-4-3-5-14(10)8-9(6-10)7-11(9,12)13/h2-8H2,1H3/t9-,10+/m0/s1. The van der Waals surface area contributed by atoms with Crippen molar-refractivity contribution < 1.29 is 8.78 Å². The molecule has 0 unspecified atom stereocenters. The summed E-state index contributed by atoms with van der Waals surface area (Å²) < 4.78 is 26.6. The summed E-state index contributed by atoms with van der Waals surface area (Å²) in [6, 6.07) is 0. The van der Waals surface area contributed by atoms with E-state index in [0.29, 0.717) is 6.54 Å². The Kier molecular flexibility index (Phi) is 1.50. The van der Waals surface area contributed by atoms with Gasteiger partial charge in [-0.2, -0.15) is 0 Å². The van der Waals surface area contributed by atoms with Gasteiger partial charge < -0.3 is 0 Å². The van der Waals surface area contributed by atoms with E-state index in [1.54, 1.807) is 0 Å². The maximum absolute atomic E-state index is 13.3. The third-order valence-corrected chi connectivity index (χ3v) is 4.77. The Bertz CT molecular complexity index is 278. The van der Waals surface area contributed by atoms with Gasteiger partial charge in [0.05, 0.1) is 5.41 Å². The van der Waals surface area contributed by atoms with E-state index in [4.69, 9.17) is 0 Å². The zero-order chi connectivity index (χ0) is 10.0. The van der Waals surface area contributed by atoms with E-state index in [2.05, 4.69) is 11.8 Å². The molecule has 0 bridgehead atoms. The molecule has 2 heterocycles. The number of rotatable bonds is 1. The SMILES string of the molecule is CC[C@]12CCCN1C[C@@]1(CC1(F)F)C2. The normalized spacial score (nSPS) is 49.9. The third kappa shape index (κ3) is 0.873. The summed E-state index contributed by atoms with van der Waals surface area (Å²) in [4.78, 5) is 2.34. The first-order valence-electron chi connectivity index (χ1n) is 5.67. The zero-order valence-corrected chi connectivity index (χ0v) is 8.65. The van der Waals surface area contributed by atoms with E-state index in [9.17, 15) is 8.78 Å². The first-order valence-corrected chi connectivity index (χ1v) is 5.67. The predicted molar refractivity (Wildman–Crippen MR) is 50.4 cm³/mol. The highest BCUT2D eigenvalue weighted by molar-refractivity contribution is 5.21. The Balaban J connectivity index is 1.87. The molecule has 0 aromatic rings. The molecule has 80 valence electrons. The van der Waals surface area contributed by atoms with Crippen molar-refractivity contribution in [2.24, 2.45) is 5.41 Å². The lowest BCUT2D eigenvalue weighted by atomic mass is 9.86.